The van der Waals surface area contributed by atoms with Gasteiger partial charge in [-0.25, -0.2) is 0 Å². The number of nitrogens with zero attached hydrogens (tertiary/aromatic N) is 3. The zero-order valence-electron chi connectivity index (χ0n) is 29.0. The van der Waals surface area contributed by atoms with Gasteiger partial charge >= 0.3 is 0 Å². The van der Waals surface area contributed by atoms with Crippen molar-refractivity contribution in [3.05, 3.63) is 212 Å². The van der Waals surface area contributed by atoms with Gasteiger partial charge in [0, 0.05) is 50.8 Å². The van der Waals surface area contributed by atoms with Crippen LogP contribution in [0.25, 0.3) is 66.3 Å². The molecule has 53 heavy (non-hydrogen) atoms. The number of benzene rings is 8. The Hall–Kier alpha value is -7.10. The fourth-order valence-corrected chi connectivity index (χ4v) is 7.85. The van der Waals surface area contributed by atoms with Crippen LogP contribution in [-0.4, -0.2) is 9.13 Å². The maximum Gasteiger partial charge on any atom is 0.0548 e. The van der Waals surface area contributed by atoms with E-state index < -0.39 is 0 Å². The smallest absolute Gasteiger partial charge is 0.0548 e. The molecule has 8 aromatic carbocycles. The van der Waals surface area contributed by atoms with E-state index in [0.29, 0.717) is 0 Å². The zero-order valence-corrected chi connectivity index (χ0v) is 29.0. The van der Waals surface area contributed by atoms with Crippen LogP contribution in [0.4, 0.5) is 17.1 Å². The summed E-state index contributed by atoms with van der Waals surface area (Å²) in [6, 6.07) is 74.1. The van der Waals surface area contributed by atoms with Crippen LogP contribution in [0.15, 0.2) is 212 Å². The standard InChI is InChI=1S/C50H35N3/c1-5-13-36(14-6-1)38-21-25-42(26-22-38)52(43-27-23-39(24-28-43)37-15-7-2-8-16-37)44-29-30-48-46(35-44)50-45-33-34-51(40-17-9-3-10-18-40)47(45)31-32-49(50)53(48)41-19-11-4-12-20-41/h1-35H. The van der Waals surface area contributed by atoms with Crippen molar-refractivity contribution >= 4 is 49.8 Å². The molecule has 0 amide bonds. The van der Waals surface area contributed by atoms with E-state index in [4.69, 9.17) is 0 Å². The van der Waals surface area contributed by atoms with Gasteiger partial charge in [0.2, 0.25) is 0 Å². The Labute approximate surface area is 308 Å². The molecule has 0 unspecified atom stereocenters. The van der Waals surface area contributed by atoms with Gasteiger partial charge in [0.05, 0.1) is 16.6 Å². The molecule has 3 heteroatoms. The van der Waals surface area contributed by atoms with Crippen molar-refractivity contribution < 1.29 is 0 Å². The molecule has 0 radical (unpaired) electrons. The summed E-state index contributed by atoms with van der Waals surface area (Å²) < 4.78 is 4.70. The minimum Gasteiger partial charge on any atom is -0.317 e. The Morgan fingerprint density at radius 1 is 0.321 bits per heavy atom. The molecule has 0 bridgehead atoms. The van der Waals surface area contributed by atoms with Gasteiger partial charge in [0.15, 0.2) is 0 Å². The molecule has 250 valence electrons. The van der Waals surface area contributed by atoms with Crippen LogP contribution in [0.1, 0.15) is 0 Å². The number of hydrogen-bond donors (Lipinski definition) is 0. The summed E-state index contributed by atoms with van der Waals surface area (Å²) in [5, 5.41) is 3.69. The average Bonchev–Trinajstić information content (AvgIpc) is 3.82. The Morgan fingerprint density at radius 3 is 1.34 bits per heavy atom. The van der Waals surface area contributed by atoms with Gasteiger partial charge in [0.25, 0.3) is 0 Å². The number of para-hydroxylation sites is 2. The average molecular weight is 678 g/mol. The second-order valence-electron chi connectivity index (χ2n) is 13.4. The third-order valence-corrected chi connectivity index (χ3v) is 10.4. The lowest BCUT2D eigenvalue weighted by Gasteiger charge is -2.26. The predicted molar refractivity (Wildman–Crippen MR) is 223 cm³/mol. The SMILES string of the molecule is c1ccc(-c2ccc(N(c3ccc(-c4ccccc4)cc3)c3ccc4c(c3)c3c5ccn(-c6ccccc6)c5ccc3n4-c3ccccc3)cc2)cc1. The fourth-order valence-electron chi connectivity index (χ4n) is 7.85. The summed E-state index contributed by atoms with van der Waals surface area (Å²) in [5.41, 5.74) is 14.0. The number of rotatable bonds is 7. The van der Waals surface area contributed by atoms with E-state index in [0.717, 1.165) is 28.4 Å². The summed E-state index contributed by atoms with van der Waals surface area (Å²) >= 11 is 0. The molecule has 2 heterocycles. The van der Waals surface area contributed by atoms with E-state index in [9.17, 15) is 0 Å². The second kappa shape index (κ2) is 12.9. The summed E-state index contributed by atoms with van der Waals surface area (Å²) in [6.45, 7) is 0. The Bertz CT molecular complexity index is 2750. The number of fused-ring (bicyclic) bond motifs is 5. The first-order valence-electron chi connectivity index (χ1n) is 18.1. The Kier molecular flexibility index (Phi) is 7.47. The van der Waals surface area contributed by atoms with E-state index in [-0.39, 0.29) is 0 Å². The van der Waals surface area contributed by atoms with E-state index in [2.05, 4.69) is 226 Å². The highest BCUT2D eigenvalue weighted by Gasteiger charge is 2.20. The molecule has 0 spiro atoms. The maximum absolute atomic E-state index is 2.40. The highest BCUT2D eigenvalue weighted by Crippen LogP contribution is 2.43. The topological polar surface area (TPSA) is 13.1 Å². The molecule has 0 saturated carbocycles. The molecular weight excluding hydrogens is 643 g/mol. The van der Waals surface area contributed by atoms with E-state index in [1.54, 1.807) is 0 Å². The van der Waals surface area contributed by atoms with Crippen LogP contribution in [0.5, 0.6) is 0 Å². The molecule has 2 aromatic heterocycles. The van der Waals surface area contributed by atoms with Gasteiger partial charge in [-0.15, -0.1) is 0 Å². The van der Waals surface area contributed by atoms with Crippen molar-refractivity contribution in [2.24, 2.45) is 0 Å². The first-order chi connectivity index (χ1) is 26.3. The normalized spacial score (nSPS) is 11.4. The van der Waals surface area contributed by atoms with Gasteiger partial charge in [-0.3, -0.25) is 0 Å². The summed E-state index contributed by atoms with van der Waals surface area (Å²) in [7, 11) is 0. The molecule has 10 aromatic rings. The molecule has 0 atom stereocenters. The Balaban J connectivity index is 1.19. The highest BCUT2D eigenvalue weighted by molar-refractivity contribution is 6.22. The van der Waals surface area contributed by atoms with Crippen LogP contribution in [0, 0.1) is 0 Å². The van der Waals surface area contributed by atoms with Crippen LogP contribution >= 0.6 is 0 Å². The molecule has 0 saturated heterocycles. The highest BCUT2D eigenvalue weighted by atomic mass is 15.1. The third-order valence-electron chi connectivity index (χ3n) is 10.4. The van der Waals surface area contributed by atoms with Crippen LogP contribution in [-0.2, 0) is 0 Å². The van der Waals surface area contributed by atoms with Gasteiger partial charge in [-0.2, -0.15) is 0 Å². The lowest BCUT2D eigenvalue weighted by molar-refractivity contribution is 1.13. The van der Waals surface area contributed by atoms with Crippen molar-refractivity contribution in [3.8, 4) is 33.6 Å². The quantitative estimate of drug-likeness (QED) is 0.164. The molecular formula is C50H35N3. The molecule has 0 aliphatic heterocycles. The first kappa shape index (κ1) is 30.7. The molecule has 3 nitrogen and oxygen atoms in total. The second-order valence-corrected chi connectivity index (χ2v) is 13.4. The largest absolute Gasteiger partial charge is 0.317 e. The van der Waals surface area contributed by atoms with Crippen molar-refractivity contribution in [2.75, 3.05) is 4.90 Å². The van der Waals surface area contributed by atoms with E-state index in [1.165, 1.54) is 55.0 Å². The maximum atomic E-state index is 2.40. The Morgan fingerprint density at radius 2 is 0.774 bits per heavy atom. The molecule has 0 fully saturated rings. The molecule has 0 aliphatic carbocycles. The van der Waals surface area contributed by atoms with Crippen LogP contribution in [0.2, 0.25) is 0 Å². The summed E-state index contributed by atoms with van der Waals surface area (Å²) in [6.07, 6.45) is 2.20. The van der Waals surface area contributed by atoms with Crippen molar-refractivity contribution in [1.29, 1.82) is 0 Å². The van der Waals surface area contributed by atoms with Gasteiger partial charge in [0.1, 0.15) is 0 Å². The predicted octanol–water partition coefficient (Wildman–Crippen LogP) is 13.5. The van der Waals surface area contributed by atoms with E-state index >= 15 is 0 Å². The number of hydrogen-bond acceptors (Lipinski definition) is 1. The molecule has 10 rings (SSSR count). The van der Waals surface area contributed by atoms with Crippen molar-refractivity contribution in [3.63, 3.8) is 0 Å². The van der Waals surface area contributed by atoms with Crippen molar-refractivity contribution in [1.82, 2.24) is 9.13 Å². The first-order valence-corrected chi connectivity index (χ1v) is 18.1. The van der Waals surface area contributed by atoms with Gasteiger partial charge in [-0.1, -0.05) is 121 Å². The molecule has 0 aliphatic rings. The van der Waals surface area contributed by atoms with Crippen molar-refractivity contribution in [2.45, 2.75) is 0 Å². The number of anilines is 3. The van der Waals surface area contributed by atoms with E-state index in [1.807, 2.05) is 0 Å². The lowest BCUT2D eigenvalue weighted by atomic mass is 10.0. The third kappa shape index (κ3) is 5.38. The van der Waals surface area contributed by atoms with Crippen LogP contribution in [0.3, 0.4) is 0 Å². The minimum absolute atomic E-state index is 1.10. The van der Waals surface area contributed by atoms with Gasteiger partial charge in [-0.05, 0) is 107 Å². The lowest BCUT2D eigenvalue weighted by Crippen LogP contribution is -2.10. The summed E-state index contributed by atoms with van der Waals surface area (Å²) in [4.78, 5) is 2.38. The van der Waals surface area contributed by atoms with Gasteiger partial charge < -0.3 is 14.0 Å². The fraction of sp³-hybridized carbons (Fsp3) is 0. The number of aromatic nitrogens is 2. The monoisotopic (exact) mass is 677 g/mol. The van der Waals surface area contributed by atoms with Crippen LogP contribution < -0.4 is 4.90 Å². The summed E-state index contributed by atoms with van der Waals surface area (Å²) in [5.74, 6) is 0. The minimum atomic E-state index is 1.10. The molecule has 0 N–H and O–H groups in total. The zero-order chi connectivity index (χ0) is 35.1.